The van der Waals surface area contributed by atoms with Gasteiger partial charge < -0.3 is 22.5 Å². The Hall–Kier alpha value is -0.0962. The Bertz CT molecular complexity index is 282. The largest absolute Gasteiger partial charge is 0.500 e. The quantitative estimate of drug-likeness (QED) is 0.464. The molecule has 1 fully saturated rings. The van der Waals surface area contributed by atoms with E-state index in [0.717, 1.165) is 43.9 Å². The first kappa shape index (κ1) is 17.0. The molecule has 112 valence electrons. The maximum Gasteiger partial charge on any atom is 0.500 e. The van der Waals surface area contributed by atoms with E-state index in [1.54, 1.807) is 28.4 Å². The topological polar surface area (TPSA) is 57.2 Å². The molecule has 8 heteroatoms. The van der Waals surface area contributed by atoms with Crippen LogP contribution in [0.25, 0.3) is 0 Å². The molecule has 0 aromatic rings. The lowest BCUT2D eigenvalue weighted by atomic mass is 10.4. The second-order valence-electron chi connectivity index (χ2n) is 4.66. The first-order valence-electron chi connectivity index (χ1n) is 6.54. The van der Waals surface area contributed by atoms with Crippen LogP contribution >= 0.6 is 0 Å². The van der Waals surface area contributed by atoms with Gasteiger partial charge in [0.25, 0.3) is 0 Å². The predicted octanol–water partition coefficient (Wildman–Crippen LogP) is 0.821. The van der Waals surface area contributed by atoms with Gasteiger partial charge in [0.1, 0.15) is 5.91 Å². The number of carbonyl (C=O) groups excluding carboxylic acids is 1. The predicted molar refractivity (Wildman–Crippen MR) is 76.7 cm³/mol. The summed E-state index contributed by atoms with van der Waals surface area (Å²) in [6.07, 6.45) is 1.92. The van der Waals surface area contributed by atoms with Crippen molar-refractivity contribution in [2.24, 2.45) is 0 Å². The number of rotatable bonds is 9. The minimum atomic E-state index is -2.50. The fourth-order valence-electron chi connectivity index (χ4n) is 2.63. The van der Waals surface area contributed by atoms with Gasteiger partial charge in [0.15, 0.2) is 0 Å². The molecule has 1 unspecified atom stereocenters. The van der Waals surface area contributed by atoms with Crippen molar-refractivity contribution in [2.75, 3.05) is 41.5 Å². The SMILES string of the molecule is CO[Si](CCCN1CCC[Si]1(C=O)OC)(OC)OC. The molecule has 6 nitrogen and oxygen atoms in total. The summed E-state index contributed by atoms with van der Waals surface area (Å²) in [5, 5.41) is 0. The Kier molecular flexibility index (Phi) is 6.80. The molecular weight excluding hydrogens is 282 g/mol. The average molecular weight is 307 g/mol. The van der Waals surface area contributed by atoms with Gasteiger partial charge in [-0.2, -0.15) is 0 Å². The minimum absolute atomic E-state index is 0.750. The van der Waals surface area contributed by atoms with Gasteiger partial charge in [-0.3, -0.25) is 4.57 Å². The zero-order chi connectivity index (χ0) is 14.4. The van der Waals surface area contributed by atoms with Crippen LogP contribution in [0, 0.1) is 0 Å². The highest BCUT2D eigenvalue weighted by Crippen LogP contribution is 2.26. The third kappa shape index (κ3) is 3.72. The van der Waals surface area contributed by atoms with Crippen molar-refractivity contribution in [1.82, 2.24) is 4.57 Å². The number of hydrogen-bond donors (Lipinski definition) is 0. The Morgan fingerprint density at radius 3 is 2.32 bits per heavy atom. The molecule has 0 N–H and O–H groups in total. The molecule has 0 amide bonds. The summed E-state index contributed by atoms with van der Waals surface area (Å²) in [5.74, 6) is 1.05. The van der Waals surface area contributed by atoms with E-state index in [0.29, 0.717) is 0 Å². The molecule has 0 spiro atoms. The monoisotopic (exact) mass is 307 g/mol. The second kappa shape index (κ2) is 7.62. The van der Waals surface area contributed by atoms with Gasteiger partial charge in [0.2, 0.25) is 0 Å². The fraction of sp³-hybridized carbons (Fsp3) is 0.909. The standard InChI is InChI=1S/C11H25NO5Si2/c1-14-18(11-13)9-5-7-12(18)8-6-10-19(15-2,16-3)17-4/h11H,5-10H2,1-4H3. The Morgan fingerprint density at radius 1 is 1.21 bits per heavy atom. The van der Waals surface area contributed by atoms with Crippen LogP contribution in [0.5, 0.6) is 0 Å². The Labute approximate surface area is 117 Å². The van der Waals surface area contributed by atoms with Crippen molar-refractivity contribution >= 4 is 23.2 Å². The molecule has 0 saturated carbocycles. The summed E-state index contributed by atoms with van der Waals surface area (Å²) in [5.41, 5.74) is 0. The molecule has 1 aliphatic heterocycles. The van der Waals surface area contributed by atoms with Crippen LogP contribution in [-0.4, -0.2) is 69.3 Å². The van der Waals surface area contributed by atoms with Gasteiger partial charge >= 0.3 is 17.3 Å². The fourth-order valence-corrected chi connectivity index (χ4v) is 7.21. The number of hydrogen-bond acceptors (Lipinski definition) is 6. The second-order valence-corrected chi connectivity index (χ2v) is 11.2. The Balaban J connectivity index is 2.50. The molecule has 1 saturated heterocycles. The van der Waals surface area contributed by atoms with E-state index in [4.69, 9.17) is 17.7 Å². The maximum absolute atomic E-state index is 11.3. The van der Waals surface area contributed by atoms with E-state index >= 15 is 0 Å². The summed E-state index contributed by atoms with van der Waals surface area (Å²) in [7, 11) is 1.72. The van der Waals surface area contributed by atoms with E-state index in [-0.39, 0.29) is 0 Å². The first-order chi connectivity index (χ1) is 9.12. The van der Waals surface area contributed by atoms with Crippen molar-refractivity contribution in [3.8, 4) is 0 Å². The normalized spacial score (nSPS) is 24.8. The summed E-state index contributed by atoms with van der Waals surface area (Å²) < 4.78 is 23.9. The van der Waals surface area contributed by atoms with Crippen LogP contribution < -0.4 is 0 Å². The highest BCUT2D eigenvalue weighted by molar-refractivity contribution is 6.95. The van der Waals surface area contributed by atoms with E-state index in [9.17, 15) is 4.79 Å². The molecule has 0 bridgehead atoms. The molecule has 0 radical (unpaired) electrons. The van der Waals surface area contributed by atoms with Crippen molar-refractivity contribution in [2.45, 2.75) is 24.9 Å². The molecule has 0 aliphatic carbocycles. The molecule has 0 aromatic heterocycles. The van der Waals surface area contributed by atoms with Crippen LogP contribution in [0.4, 0.5) is 0 Å². The molecule has 1 rings (SSSR count). The zero-order valence-corrected chi connectivity index (χ0v) is 14.3. The van der Waals surface area contributed by atoms with Gasteiger partial charge in [-0.05, 0) is 32.0 Å². The van der Waals surface area contributed by atoms with Crippen LogP contribution in [0.1, 0.15) is 12.8 Å². The average Bonchev–Trinajstić information content (AvgIpc) is 2.87. The lowest BCUT2D eigenvalue weighted by Gasteiger charge is -2.30. The molecular formula is C11H25NO5Si2. The van der Waals surface area contributed by atoms with Gasteiger partial charge in [0, 0.05) is 34.5 Å². The van der Waals surface area contributed by atoms with Gasteiger partial charge in [-0.15, -0.1) is 0 Å². The van der Waals surface area contributed by atoms with Gasteiger partial charge in [-0.25, -0.2) is 0 Å². The molecule has 1 aliphatic rings. The lowest BCUT2D eigenvalue weighted by Crippen LogP contribution is -2.53. The first-order valence-corrected chi connectivity index (χ1v) is 10.6. The van der Waals surface area contributed by atoms with E-state index < -0.39 is 17.3 Å². The summed E-state index contributed by atoms with van der Waals surface area (Å²) in [6.45, 7) is 1.78. The Morgan fingerprint density at radius 2 is 1.84 bits per heavy atom. The summed E-state index contributed by atoms with van der Waals surface area (Å²) in [4.78, 5) is 11.3. The van der Waals surface area contributed by atoms with Gasteiger partial charge in [-0.1, -0.05) is 0 Å². The lowest BCUT2D eigenvalue weighted by molar-refractivity contribution is 0.122. The smallest absolute Gasteiger partial charge is 0.401 e. The summed E-state index contributed by atoms with van der Waals surface area (Å²) >= 11 is 0. The third-order valence-electron chi connectivity index (χ3n) is 3.88. The van der Waals surface area contributed by atoms with Crippen LogP contribution in [-0.2, 0) is 22.5 Å². The zero-order valence-electron chi connectivity index (χ0n) is 12.3. The van der Waals surface area contributed by atoms with Crippen molar-refractivity contribution in [3.05, 3.63) is 0 Å². The molecule has 1 atom stereocenters. The third-order valence-corrected chi connectivity index (χ3v) is 10.4. The number of nitrogens with zero attached hydrogens (tertiary/aromatic N) is 1. The highest BCUT2D eigenvalue weighted by atomic mass is 28.4. The highest BCUT2D eigenvalue weighted by Gasteiger charge is 2.46. The van der Waals surface area contributed by atoms with E-state index in [1.165, 1.54) is 0 Å². The van der Waals surface area contributed by atoms with E-state index in [1.807, 2.05) is 0 Å². The minimum Gasteiger partial charge on any atom is -0.401 e. The van der Waals surface area contributed by atoms with Crippen LogP contribution in [0.15, 0.2) is 0 Å². The maximum atomic E-state index is 11.3. The molecule has 0 aromatic carbocycles. The van der Waals surface area contributed by atoms with Crippen LogP contribution in [0.3, 0.4) is 0 Å². The number of carbonyl (C=O) groups is 1. The van der Waals surface area contributed by atoms with Crippen molar-refractivity contribution in [3.63, 3.8) is 0 Å². The molecule has 19 heavy (non-hydrogen) atoms. The van der Waals surface area contributed by atoms with Crippen molar-refractivity contribution in [1.29, 1.82) is 0 Å². The van der Waals surface area contributed by atoms with Crippen LogP contribution in [0.2, 0.25) is 12.1 Å². The van der Waals surface area contributed by atoms with E-state index in [2.05, 4.69) is 4.57 Å². The van der Waals surface area contributed by atoms with Gasteiger partial charge in [0.05, 0.1) is 0 Å². The van der Waals surface area contributed by atoms with Crippen molar-refractivity contribution < 1.29 is 22.5 Å². The molecule has 1 heterocycles. The summed E-state index contributed by atoms with van der Waals surface area (Å²) in [6, 6.07) is 1.65.